The van der Waals surface area contributed by atoms with Crippen LogP contribution in [-0.2, 0) is 30.8 Å². The molecule has 1 fully saturated rings. The molecule has 5 rings (SSSR count). The molecule has 1 aromatic carbocycles. The highest BCUT2D eigenvalue weighted by Gasteiger charge is 2.27. The van der Waals surface area contributed by atoms with E-state index in [2.05, 4.69) is 62.7 Å². The SMILES string of the molecule is CN(C)CCCn1c2c(c(=O)n3nc(N4CCOCC4)nc13)CCN(Cc1ccccc1)C2. The molecular weight excluding hydrogens is 418 g/mol. The van der Waals surface area contributed by atoms with Gasteiger partial charge < -0.3 is 19.1 Å². The Bertz CT molecular complexity index is 1150. The zero-order chi connectivity index (χ0) is 22.8. The van der Waals surface area contributed by atoms with Gasteiger partial charge in [0.15, 0.2) is 0 Å². The highest BCUT2D eigenvalue weighted by atomic mass is 16.5. The van der Waals surface area contributed by atoms with E-state index >= 15 is 0 Å². The van der Waals surface area contributed by atoms with E-state index in [1.54, 1.807) is 0 Å². The van der Waals surface area contributed by atoms with Gasteiger partial charge in [0, 0.05) is 50.5 Å². The average Bonchev–Trinajstić information content (AvgIpc) is 3.28. The predicted molar refractivity (Wildman–Crippen MR) is 128 cm³/mol. The van der Waals surface area contributed by atoms with Crippen molar-refractivity contribution in [1.82, 2.24) is 29.0 Å². The van der Waals surface area contributed by atoms with Gasteiger partial charge in [0.1, 0.15) is 0 Å². The molecule has 2 aromatic heterocycles. The fourth-order valence-electron chi connectivity index (χ4n) is 4.79. The molecule has 0 spiro atoms. The fraction of sp³-hybridized carbons (Fsp3) is 0.542. The second-order valence-electron chi connectivity index (χ2n) is 9.21. The van der Waals surface area contributed by atoms with Crippen molar-refractivity contribution in [3.8, 4) is 0 Å². The van der Waals surface area contributed by atoms with E-state index in [-0.39, 0.29) is 5.56 Å². The normalized spacial score (nSPS) is 17.1. The Kier molecular flexibility index (Phi) is 6.43. The largest absolute Gasteiger partial charge is 0.378 e. The number of aryl methyl sites for hydroxylation is 1. The Morgan fingerprint density at radius 3 is 2.64 bits per heavy atom. The third-order valence-electron chi connectivity index (χ3n) is 6.53. The van der Waals surface area contributed by atoms with E-state index in [0.717, 1.165) is 69.9 Å². The zero-order valence-electron chi connectivity index (χ0n) is 19.6. The molecule has 0 saturated carbocycles. The van der Waals surface area contributed by atoms with Gasteiger partial charge >= 0.3 is 0 Å². The van der Waals surface area contributed by atoms with Gasteiger partial charge in [0.2, 0.25) is 11.7 Å². The monoisotopic (exact) mass is 451 g/mol. The summed E-state index contributed by atoms with van der Waals surface area (Å²) in [6.45, 7) is 7.09. The molecule has 2 aliphatic heterocycles. The van der Waals surface area contributed by atoms with Crippen molar-refractivity contribution >= 4 is 11.7 Å². The van der Waals surface area contributed by atoms with Gasteiger partial charge in [-0.1, -0.05) is 30.3 Å². The second-order valence-corrected chi connectivity index (χ2v) is 9.21. The molecule has 9 heteroatoms. The summed E-state index contributed by atoms with van der Waals surface area (Å²) in [5.41, 5.74) is 3.25. The molecule has 0 radical (unpaired) electrons. The van der Waals surface area contributed by atoms with Gasteiger partial charge in [-0.2, -0.15) is 9.50 Å². The lowest BCUT2D eigenvalue weighted by molar-refractivity contribution is 0.122. The van der Waals surface area contributed by atoms with Crippen LogP contribution in [0.25, 0.3) is 5.78 Å². The molecule has 4 heterocycles. The Labute approximate surface area is 194 Å². The Morgan fingerprint density at radius 2 is 1.88 bits per heavy atom. The summed E-state index contributed by atoms with van der Waals surface area (Å²) < 4.78 is 9.26. The first-order valence-corrected chi connectivity index (χ1v) is 11.8. The first-order chi connectivity index (χ1) is 16.1. The molecule has 0 amide bonds. The molecule has 1 saturated heterocycles. The van der Waals surface area contributed by atoms with Crippen LogP contribution in [0.15, 0.2) is 35.1 Å². The number of anilines is 1. The molecule has 9 nitrogen and oxygen atoms in total. The summed E-state index contributed by atoms with van der Waals surface area (Å²) in [6, 6.07) is 10.5. The maximum Gasteiger partial charge on any atom is 0.279 e. The number of ether oxygens (including phenoxy) is 1. The van der Waals surface area contributed by atoms with Crippen LogP contribution in [0.4, 0.5) is 5.95 Å². The minimum absolute atomic E-state index is 0.0183. The molecule has 0 atom stereocenters. The summed E-state index contributed by atoms with van der Waals surface area (Å²) in [6.07, 6.45) is 1.72. The number of fused-ring (bicyclic) bond motifs is 2. The number of aromatic nitrogens is 4. The number of hydrogen-bond donors (Lipinski definition) is 0. The summed E-state index contributed by atoms with van der Waals surface area (Å²) in [4.78, 5) is 25.0. The Balaban J connectivity index is 1.52. The third kappa shape index (κ3) is 4.66. The average molecular weight is 452 g/mol. The van der Waals surface area contributed by atoms with Crippen molar-refractivity contribution in [3.05, 3.63) is 57.5 Å². The van der Waals surface area contributed by atoms with Gasteiger partial charge in [-0.05, 0) is 39.0 Å². The number of rotatable bonds is 7. The zero-order valence-corrected chi connectivity index (χ0v) is 19.6. The second kappa shape index (κ2) is 9.62. The van der Waals surface area contributed by atoms with Crippen molar-refractivity contribution in [1.29, 1.82) is 0 Å². The van der Waals surface area contributed by atoms with Crippen LogP contribution in [0, 0.1) is 0 Å². The van der Waals surface area contributed by atoms with Crippen LogP contribution in [0.2, 0.25) is 0 Å². The third-order valence-corrected chi connectivity index (χ3v) is 6.53. The molecule has 0 N–H and O–H groups in total. The molecule has 0 unspecified atom stereocenters. The Morgan fingerprint density at radius 1 is 1.09 bits per heavy atom. The first-order valence-electron chi connectivity index (χ1n) is 11.8. The summed E-state index contributed by atoms with van der Waals surface area (Å²) in [5, 5.41) is 4.65. The number of nitrogens with zero attached hydrogens (tertiary/aromatic N) is 7. The standard InChI is InChI=1S/C24H33N7O2/c1-27(2)10-6-11-30-21-18-28(17-19-7-4-3-5-8-19)12-9-20(21)22(32)31-24(30)25-23(26-31)29-13-15-33-16-14-29/h3-5,7-8H,6,9-18H2,1-2H3. The highest BCUT2D eigenvalue weighted by Crippen LogP contribution is 2.22. The van der Waals surface area contributed by atoms with E-state index < -0.39 is 0 Å². The molecule has 0 bridgehead atoms. The molecule has 2 aliphatic rings. The van der Waals surface area contributed by atoms with Crippen molar-refractivity contribution in [2.45, 2.75) is 32.5 Å². The summed E-state index contributed by atoms with van der Waals surface area (Å²) in [5.74, 6) is 1.28. The highest BCUT2D eigenvalue weighted by molar-refractivity contribution is 5.43. The van der Waals surface area contributed by atoms with Gasteiger partial charge in [0.25, 0.3) is 5.56 Å². The van der Waals surface area contributed by atoms with Gasteiger partial charge in [-0.15, -0.1) is 5.10 Å². The van der Waals surface area contributed by atoms with Crippen LogP contribution in [-0.4, -0.2) is 82.5 Å². The molecule has 33 heavy (non-hydrogen) atoms. The predicted octanol–water partition coefficient (Wildman–Crippen LogP) is 1.24. The van der Waals surface area contributed by atoms with Gasteiger partial charge in [0.05, 0.1) is 13.2 Å². The van der Waals surface area contributed by atoms with Crippen molar-refractivity contribution in [2.75, 3.05) is 58.4 Å². The topological polar surface area (TPSA) is 71.1 Å². The van der Waals surface area contributed by atoms with Crippen LogP contribution in [0.1, 0.15) is 23.2 Å². The minimum Gasteiger partial charge on any atom is -0.378 e. The van der Waals surface area contributed by atoms with E-state index in [1.165, 1.54) is 10.1 Å². The van der Waals surface area contributed by atoms with Crippen LogP contribution in [0.5, 0.6) is 0 Å². The van der Waals surface area contributed by atoms with E-state index in [4.69, 9.17) is 9.72 Å². The maximum atomic E-state index is 13.4. The van der Waals surface area contributed by atoms with Crippen molar-refractivity contribution in [3.63, 3.8) is 0 Å². The number of hydrogen-bond acceptors (Lipinski definition) is 7. The lowest BCUT2D eigenvalue weighted by atomic mass is 10.0. The van der Waals surface area contributed by atoms with Crippen LogP contribution < -0.4 is 10.5 Å². The minimum atomic E-state index is -0.0183. The van der Waals surface area contributed by atoms with Gasteiger partial charge in [-0.3, -0.25) is 9.69 Å². The van der Waals surface area contributed by atoms with Crippen molar-refractivity contribution < 1.29 is 4.74 Å². The summed E-state index contributed by atoms with van der Waals surface area (Å²) in [7, 11) is 4.18. The smallest absolute Gasteiger partial charge is 0.279 e. The lowest BCUT2D eigenvalue weighted by Crippen LogP contribution is -2.38. The quantitative estimate of drug-likeness (QED) is 0.535. The first kappa shape index (κ1) is 22.1. The number of benzene rings is 1. The molecular formula is C24H33N7O2. The van der Waals surface area contributed by atoms with E-state index in [0.29, 0.717) is 24.9 Å². The van der Waals surface area contributed by atoms with Gasteiger partial charge in [-0.25, -0.2) is 0 Å². The van der Waals surface area contributed by atoms with E-state index in [9.17, 15) is 4.79 Å². The molecule has 176 valence electrons. The molecule has 0 aliphatic carbocycles. The lowest BCUT2D eigenvalue weighted by Gasteiger charge is -2.30. The maximum absolute atomic E-state index is 13.4. The summed E-state index contributed by atoms with van der Waals surface area (Å²) >= 11 is 0. The Hall–Kier alpha value is -2.75. The van der Waals surface area contributed by atoms with Crippen LogP contribution in [0.3, 0.4) is 0 Å². The van der Waals surface area contributed by atoms with Crippen LogP contribution >= 0.6 is 0 Å². The fourth-order valence-corrected chi connectivity index (χ4v) is 4.79. The van der Waals surface area contributed by atoms with Crippen molar-refractivity contribution in [2.24, 2.45) is 0 Å². The van der Waals surface area contributed by atoms with E-state index in [1.807, 2.05) is 6.07 Å². The molecule has 3 aromatic rings. The number of morpholine rings is 1.